The van der Waals surface area contributed by atoms with Gasteiger partial charge in [-0.1, -0.05) is 26.7 Å². The molecule has 2 N–H and O–H groups in total. The number of aliphatic hydroxyl groups is 1. The van der Waals surface area contributed by atoms with Gasteiger partial charge >= 0.3 is 5.69 Å². The van der Waals surface area contributed by atoms with Crippen molar-refractivity contribution in [3.63, 3.8) is 0 Å². The van der Waals surface area contributed by atoms with Crippen molar-refractivity contribution in [1.29, 1.82) is 0 Å². The van der Waals surface area contributed by atoms with Gasteiger partial charge in [-0.15, -0.1) is 0 Å². The molecule has 0 amide bonds. The molecule has 0 radical (unpaired) electrons. The van der Waals surface area contributed by atoms with E-state index >= 15 is 0 Å². The smallest absolute Gasteiger partial charge is 0.330 e. The van der Waals surface area contributed by atoms with Crippen LogP contribution in [-0.4, -0.2) is 26.4 Å². The second-order valence-electron chi connectivity index (χ2n) is 5.74. The van der Waals surface area contributed by atoms with E-state index in [1.54, 1.807) is 13.2 Å². The molecule has 21 heavy (non-hydrogen) atoms. The Morgan fingerprint density at radius 2 is 1.76 bits per heavy atom. The number of aryl methyl sites for hydroxylation is 1. The molecule has 1 aromatic heterocycles. The topological polar surface area (TPSA) is 76.3 Å². The normalized spacial score (nSPS) is 11.9. The molecule has 0 aliphatic carbocycles. The van der Waals surface area contributed by atoms with Gasteiger partial charge in [-0.2, -0.15) is 0 Å². The Morgan fingerprint density at radius 3 is 2.29 bits per heavy atom. The third kappa shape index (κ3) is 4.54. The molecule has 0 unspecified atom stereocenters. The van der Waals surface area contributed by atoms with E-state index in [9.17, 15) is 14.7 Å². The van der Waals surface area contributed by atoms with Gasteiger partial charge < -0.3 is 15.0 Å². The summed E-state index contributed by atoms with van der Waals surface area (Å²) in [6, 6.07) is 0. The Balaban J connectivity index is 2.76. The molecular weight excluding hydrogens is 270 g/mol. The Labute approximate surface area is 125 Å². The highest BCUT2D eigenvalue weighted by Crippen LogP contribution is 2.18. The summed E-state index contributed by atoms with van der Waals surface area (Å²) >= 11 is 0. The molecule has 1 aromatic rings. The first-order valence-corrected chi connectivity index (χ1v) is 7.53. The highest BCUT2D eigenvalue weighted by Gasteiger charge is 2.24. The Morgan fingerprint density at radius 1 is 1.19 bits per heavy atom. The van der Waals surface area contributed by atoms with Gasteiger partial charge in [0.2, 0.25) is 0 Å². The highest BCUT2D eigenvalue weighted by atomic mass is 16.3. The molecule has 1 rings (SSSR count). The molecule has 1 heterocycles. The van der Waals surface area contributed by atoms with Crippen LogP contribution in [0, 0.1) is 0 Å². The van der Waals surface area contributed by atoms with E-state index in [0.717, 1.165) is 30.3 Å². The van der Waals surface area contributed by atoms with Crippen molar-refractivity contribution < 1.29 is 5.11 Å². The third-order valence-electron chi connectivity index (χ3n) is 3.72. The molecule has 0 atom stereocenters. The van der Waals surface area contributed by atoms with E-state index in [-0.39, 0.29) is 11.2 Å². The van der Waals surface area contributed by atoms with E-state index in [2.05, 4.69) is 5.32 Å². The summed E-state index contributed by atoms with van der Waals surface area (Å²) in [5.41, 5.74) is -0.831. The Kier molecular flexibility index (Phi) is 6.36. The van der Waals surface area contributed by atoms with E-state index in [1.807, 2.05) is 13.8 Å². The predicted octanol–water partition coefficient (Wildman–Crippen LogP) is 0.505. The lowest BCUT2D eigenvalue weighted by molar-refractivity contribution is 0.0214. The molecule has 0 spiro atoms. The number of rotatable bonds is 8. The molecule has 0 saturated heterocycles. The first-order chi connectivity index (χ1) is 9.84. The maximum Gasteiger partial charge on any atom is 0.330 e. The van der Waals surface area contributed by atoms with Crippen LogP contribution < -0.4 is 16.6 Å². The quantitative estimate of drug-likeness (QED) is 0.733. The van der Waals surface area contributed by atoms with E-state index in [1.165, 1.54) is 11.6 Å². The van der Waals surface area contributed by atoms with Crippen molar-refractivity contribution in [1.82, 2.24) is 14.5 Å². The lowest BCUT2D eigenvalue weighted by Gasteiger charge is -2.28. The molecule has 6 heteroatoms. The zero-order chi connectivity index (χ0) is 16.0. The van der Waals surface area contributed by atoms with Crippen LogP contribution >= 0.6 is 0 Å². The minimum absolute atomic E-state index is 0.292. The first kappa shape index (κ1) is 17.7. The van der Waals surface area contributed by atoms with Gasteiger partial charge in [-0.25, -0.2) is 4.79 Å². The summed E-state index contributed by atoms with van der Waals surface area (Å²) in [4.78, 5) is 23.6. The highest BCUT2D eigenvalue weighted by molar-refractivity contribution is 5.05. The third-order valence-corrected chi connectivity index (χ3v) is 3.72. The van der Waals surface area contributed by atoms with Crippen molar-refractivity contribution in [2.45, 2.75) is 51.7 Å². The van der Waals surface area contributed by atoms with Crippen molar-refractivity contribution in [3.05, 3.63) is 32.6 Å². The van der Waals surface area contributed by atoms with Crippen molar-refractivity contribution in [3.8, 4) is 0 Å². The lowest BCUT2D eigenvalue weighted by Crippen LogP contribution is -2.43. The SMILES string of the molecule is CCCC(O)(CCC)CNCc1cn(C)c(=O)n(C)c1=O. The predicted molar refractivity (Wildman–Crippen MR) is 83.4 cm³/mol. The van der Waals surface area contributed by atoms with Gasteiger partial charge in [0.15, 0.2) is 0 Å². The summed E-state index contributed by atoms with van der Waals surface area (Å²) in [6.07, 6.45) is 4.86. The van der Waals surface area contributed by atoms with Gasteiger partial charge in [0, 0.05) is 38.9 Å². The van der Waals surface area contributed by atoms with Crippen LogP contribution in [0.2, 0.25) is 0 Å². The molecule has 0 saturated carbocycles. The van der Waals surface area contributed by atoms with E-state index in [0.29, 0.717) is 18.7 Å². The average molecular weight is 297 g/mol. The number of hydrogen-bond acceptors (Lipinski definition) is 4. The summed E-state index contributed by atoms with van der Waals surface area (Å²) in [6.45, 7) is 4.88. The molecule has 0 aromatic carbocycles. The van der Waals surface area contributed by atoms with Crippen LogP contribution in [0.1, 0.15) is 45.1 Å². The molecule has 0 bridgehead atoms. The Hall–Kier alpha value is -1.40. The maximum atomic E-state index is 12.0. The van der Waals surface area contributed by atoms with E-state index in [4.69, 9.17) is 0 Å². The molecular formula is C15H27N3O3. The summed E-state index contributed by atoms with van der Waals surface area (Å²) in [5, 5.41) is 13.7. The standard InChI is InChI=1S/C15H27N3O3/c1-5-7-15(21,8-6-2)11-16-9-12-10-17(3)14(20)18(4)13(12)19/h10,16,21H,5-9,11H2,1-4H3. The molecule has 120 valence electrons. The van der Waals surface area contributed by atoms with Gasteiger partial charge in [0.05, 0.1) is 5.60 Å². The number of nitrogens with one attached hydrogen (secondary N) is 1. The molecule has 0 aliphatic rings. The van der Waals surface area contributed by atoms with Crippen LogP contribution in [0.5, 0.6) is 0 Å². The largest absolute Gasteiger partial charge is 0.389 e. The van der Waals surface area contributed by atoms with Crippen molar-refractivity contribution >= 4 is 0 Å². The number of aromatic nitrogens is 2. The second-order valence-corrected chi connectivity index (χ2v) is 5.74. The van der Waals surface area contributed by atoms with Gasteiger partial charge in [0.1, 0.15) is 0 Å². The first-order valence-electron chi connectivity index (χ1n) is 7.53. The number of nitrogens with zero attached hydrogens (tertiary/aromatic N) is 2. The van der Waals surface area contributed by atoms with Gasteiger partial charge in [-0.05, 0) is 12.8 Å². The minimum atomic E-state index is -0.727. The fourth-order valence-corrected chi connectivity index (χ4v) is 2.67. The molecule has 0 fully saturated rings. The minimum Gasteiger partial charge on any atom is -0.389 e. The summed E-state index contributed by atoms with van der Waals surface area (Å²) in [7, 11) is 3.09. The Bertz CT molecular complexity index is 569. The average Bonchev–Trinajstić information content (AvgIpc) is 2.42. The fourth-order valence-electron chi connectivity index (χ4n) is 2.67. The van der Waals surface area contributed by atoms with Gasteiger partial charge in [0.25, 0.3) is 5.56 Å². The zero-order valence-corrected chi connectivity index (χ0v) is 13.5. The fraction of sp³-hybridized carbons (Fsp3) is 0.733. The summed E-state index contributed by atoms with van der Waals surface area (Å²) in [5.74, 6) is 0. The van der Waals surface area contributed by atoms with Crippen molar-refractivity contribution in [2.24, 2.45) is 14.1 Å². The zero-order valence-electron chi connectivity index (χ0n) is 13.5. The van der Waals surface area contributed by atoms with Gasteiger partial charge in [-0.3, -0.25) is 9.36 Å². The van der Waals surface area contributed by atoms with Crippen LogP contribution in [-0.2, 0) is 20.6 Å². The molecule has 6 nitrogen and oxygen atoms in total. The monoisotopic (exact) mass is 297 g/mol. The summed E-state index contributed by atoms with van der Waals surface area (Å²) < 4.78 is 2.49. The maximum absolute atomic E-state index is 12.0. The van der Waals surface area contributed by atoms with Crippen molar-refractivity contribution in [2.75, 3.05) is 6.54 Å². The number of hydrogen-bond donors (Lipinski definition) is 2. The van der Waals surface area contributed by atoms with Crippen LogP contribution in [0.3, 0.4) is 0 Å². The lowest BCUT2D eigenvalue weighted by atomic mass is 9.92. The van der Waals surface area contributed by atoms with Crippen LogP contribution in [0.15, 0.2) is 15.8 Å². The second kappa shape index (κ2) is 7.56. The molecule has 0 aliphatic heterocycles. The van der Waals surface area contributed by atoms with E-state index < -0.39 is 5.60 Å². The van der Waals surface area contributed by atoms with Crippen LogP contribution in [0.25, 0.3) is 0 Å². The van der Waals surface area contributed by atoms with Crippen LogP contribution in [0.4, 0.5) is 0 Å².